The molecule has 0 atom stereocenters. The highest BCUT2D eigenvalue weighted by molar-refractivity contribution is 9.10. The van der Waals surface area contributed by atoms with Gasteiger partial charge in [-0.2, -0.15) is 0 Å². The molecule has 0 saturated carbocycles. The van der Waals surface area contributed by atoms with E-state index >= 15 is 0 Å². The monoisotopic (exact) mass is 1880 g/mol. The molecule has 646 valence electrons. The zero-order valence-electron chi connectivity index (χ0n) is 70.5. The second-order valence-corrected chi connectivity index (χ2v) is 35.0. The first-order valence-electron chi connectivity index (χ1n) is 40.8. The van der Waals surface area contributed by atoms with Crippen molar-refractivity contribution in [2.24, 2.45) is 0 Å². The Morgan fingerprint density at radius 3 is 1.20 bits per heavy atom. The summed E-state index contributed by atoms with van der Waals surface area (Å²) in [6, 6.07) is 88.8. The van der Waals surface area contributed by atoms with Gasteiger partial charge in [-0.3, -0.25) is 43.2 Å². The van der Waals surface area contributed by atoms with Crippen LogP contribution in [0.2, 0.25) is 0 Å². The van der Waals surface area contributed by atoms with Crippen molar-refractivity contribution < 1.29 is 22.5 Å². The number of carbonyl (C=O) groups excluding carboxylic acids is 1. The Bertz CT molecular complexity index is 8330. The number of halogens is 1. The fourth-order valence-electron chi connectivity index (χ4n) is 13.8. The lowest BCUT2D eigenvalue weighted by atomic mass is 10.1. The van der Waals surface area contributed by atoms with Gasteiger partial charge in [-0.15, -0.1) is 45.3 Å². The largest absolute Gasteiger partial charge is 0.453 e. The molecule has 4 N–H and O–H groups in total. The number of nitrogens with one attached hydrogen (secondary N) is 2. The second-order valence-electron chi connectivity index (χ2n) is 29.9. The number of carbonyl (C=O) groups is 1. The summed E-state index contributed by atoms with van der Waals surface area (Å²) in [7, 11) is 1.93. The van der Waals surface area contributed by atoms with Crippen LogP contribution in [0.3, 0.4) is 0 Å². The van der Waals surface area contributed by atoms with Gasteiger partial charge >= 0.3 is 0 Å². The Kier molecular flexibility index (Phi) is 26.0. The van der Waals surface area contributed by atoms with Crippen molar-refractivity contribution in [1.82, 2.24) is 45.2 Å². The highest BCUT2D eigenvalue weighted by Gasteiger charge is 2.20. The van der Waals surface area contributed by atoms with E-state index in [1.54, 1.807) is 113 Å². The lowest BCUT2D eigenvalue weighted by molar-refractivity contribution is -0.114. The number of amides is 1. The van der Waals surface area contributed by atoms with Crippen molar-refractivity contribution in [2.75, 3.05) is 18.1 Å². The minimum Gasteiger partial charge on any atom is -0.453 e. The third-order valence-corrected chi connectivity index (χ3v) is 25.8. The van der Waals surface area contributed by atoms with E-state index in [0.29, 0.717) is 78.0 Å². The minimum absolute atomic E-state index is 0.0201. The summed E-state index contributed by atoms with van der Waals surface area (Å²) < 4.78 is 27.4. The summed E-state index contributed by atoms with van der Waals surface area (Å²) in [6.45, 7) is 7.60. The van der Waals surface area contributed by atoms with Gasteiger partial charge in [0, 0.05) is 55.9 Å². The van der Waals surface area contributed by atoms with Crippen molar-refractivity contribution in [3.05, 3.63) is 406 Å². The van der Waals surface area contributed by atoms with Gasteiger partial charge in [0.05, 0.1) is 99.0 Å². The molecule has 8 heterocycles. The van der Waals surface area contributed by atoms with E-state index < -0.39 is 0 Å². The quantitative estimate of drug-likeness (QED) is 0.109. The number of fused-ring (bicyclic) bond motifs is 16. The van der Waals surface area contributed by atoms with E-state index in [4.69, 9.17) is 23.4 Å². The number of aromatic nitrogens is 8. The third kappa shape index (κ3) is 20.3. The van der Waals surface area contributed by atoms with Gasteiger partial charge in [0.1, 0.15) is 44.8 Å². The molecule has 8 aliphatic heterocycles. The van der Waals surface area contributed by atoms with Gasteiger partial charge in [0.25, 0.3) is 0 Å². The molecule has 0 unspecified atom stereocenters. The van der Waals surface area contributed by atoms with Crippen molar-refractivity contribution in [1.29, 1.82) is 0 Å². The first kappa shape index (κ1) is 88.2. The highest BCUT2D eigenvalue weighted by Crippen LogP contribution is 2.38. The Labute approximate surface area is 772 Å². The molecule has 8 aromatic carbocycles. The number of nitrogen functional groups attached to an aromatic ring is 1. The molecule has 24 rings (SSSR count). The van der Waals surface area contributed by atoms with Crippen LogP contribution >= 0.6 is 61.3 Å². The van der Waals surface area contributed by atoms with Crippen molar-refractivity contribution in [3.8, 4) is 88.1 Å². The summed E-state index contributed by atoms with van der Waals surface area (Å²) in [6.07, 6.45) is 0. The van der Waals surface area contributed by atoms with Crippen LogP contribution in [0.25, 0.3) is 173 Å². The van der Waals surface area contributed by atoms with E-state index in [1.807, 2.05) is 203 Å². The number of para-hydroxylation sites is 11. The van der Waals surface area contributed by atoms with Crippen molar-refractivity contribution >= 4 is 164 Å². The Hall–Kier alpha value is -15.9. The van der Waals surface area contributed by atoms with Gasteiger partial charge in [-0.1, -0.05) is 91.0 Å². The van der Waals surface area contributed by atoms with Crippen molar-refractivity contribution in [3.63, 3.8) is 0 Å². The van der Waals surface area contributed by atoms with Gasteiger partial charge in [0.2, 0.25) is 16.8 Å². The number of benzene rings is 16. The Morgan fingerprint density at radius 1 is 0.333 bits per heavy atom. The van der Waals surface area contributed by atoms with E-state index in [2.05, 4.69) is 78.6 Å². The van der Waals surface area contributed by atoms with Crippen LogP contribution in [0.4, 0.5) is 11.4 Å². The number of hydrogen-bond donors (Lipinski definition) is 3. The minimum atomic E-state index is -0.302. The SMILES string of the molecule is CC(=O)Nc1cc2nc3ccccc3oc-2cc1=O.CNCc1ccc2nc3ccc(=O)cc-3sc2c1.Cc1cc2nc3ccccc3oc-2cc1=O.Cc1cc2nc3ccccc3sc-2c(Br)c1=O.Cc1cc2nc3ccccc3sc-2cc1=O.Nc1cc2nc3ccccc3oc-2cc1=O.O=c1ccc2nc3ccccc3oc-2c1.O=c1ccc2nc3ccccc3sc-2c1. The van der Waals surface area contributed by atoms with Crippen LogP contribution in [0.15, 0.2) is 358 Å². The molecule has 16 aliphatic rings. The van der Waals surface area contributed by atoms with E-state index in [1.165, 1.54) is 55.0 Å². The molecule has 24 nitrogen and oxygen atoms in total. The summed E-state index contributed by atoms with van der Waals surface area (Å²) in [5.41, 5.74) is 24.6. The molecular formula is C103H70BrN11O13S4. The maximum absolute atomic E-state index is 11.9. The molecule has 132 heavy (non-hydrogen) atoms. The molecule has 0 bridgehead atoms. The van der Waals surface area contributed by atoms with Crippen LogP contribution in [-0.2, 0) is 11.3 Å². The first-order chi connectivity index (χ1) is 63.9. The second kappa shape index (κ2) is 39.0. The Balaban J connectivity index is 0.000000105. The lowest BCUT2D eigenvalue weighted by Gasteiger charge is -2.08. The highest BCUT2D eigenvalue weighted by atomic mass is 79.9. The maximum atomic E-state index is 11.9. The Morgan fingerprint density at radius 2 is 0.697 bits per heavy atom. The van der Waals surface area contributed by atoms with Gasteiger partial charge in [-0.05, 0) is 230 Å². The topological polar surface area (TPSA) is 359 Å². The van der Waals surface area contributed by atoms with E-state index in [-0.39, 0.29) is 60.7 Å². The fraction of sp³-hybridized carbons (Fsp3) is 0.0583. The summed E-state index contributed by atoms with van der Waals surface area (Å²) >= 11 is 9.80. The zero-order chi connectivity index (χ0) is 91.8. The van der Waals surface area contributed by atoms with Crippen LogP contribution in [-0.4, -0.2) is 52.8 Å². The number of hydrogen-bond acceptors (Lipinski definition) is 27. The van der Waals surface area contributed by atoms with Gasteiger partial charge in [-0.25, -0.2) is 39.9 Å². The molecule has 8 aliphatic carbocycles. The standard InChI is InChI=1S/C14H10N2O3.C14H12N2OS.C13H8BrNOS.C13H9NO2.C13H9NOS.C12H8N2O2.C12H7NO2.C12H7NOS/c1-8(17)15-10-6-11-14(7-12(10)18)19-13-5-3-2-4-9(13)16-11;1-15-8-9-2-4-11-13(6-9)18-14-7-10(17)3-5-12(14)16-11;1-7-6-9-13(11(14)12(7)16)17-10-5-3-2-4-8(10)15-9;2*1-8-6-10-13(7-11(8)15)16-12-5-3-2-4-9(12)14-10;13-7-5-9-12(6-10(7)15)16-11-4-2-1-3-8(11)14-9;2*14-8-5-6-10-12(7-8)15-11-4-2-1-3-9(11)13-10/h2-7H,1H3,(H,15,17);2-7,15H,8H2,1H3;2-6H,1H3;2*2-7H,1H3;1-6H,13H2;2*1-7H. The molecule has 0 fully saturated rings. The number of nitrogens with two attached hydrogens (primary N) is 1. The van der Waals surface area contributed by atoms with Gasteiger partial charge in [0.15, 0.2) is 77.9 Å². The number of nitrogens with zero attached hydrogens (tertiary/aromatic N) is 8. The summed E-state index contributed by atoms with van der Waals surface area (Å²) in [5.74, 6) is 1.63. The predicted octanol–water partition coefficient (Wildman–Crippen LogP) is 21.2. The third-order valence-electron chi connectivity index (χ3n) is 20.3. The normalized spacial score (nSPS) is 11.0. The van der Waals surface area contributed by atoms with Crippen LogP contribution in [0.5, 0.6) is 0 Å². The molecule has 0 aromatic heterocycles. The zero-order valence-corrected chi connectivity index (χ0v) is 75.3. The van der Waals surface area contributed by atoms with Crippen molar-refractivity contribution in [2.45, 2.75) is 34.2 Å². The fourth-order valence-corrected chi connectivity index (χ4v) is 18.5. The van der Waals surface area contributed by atoms with Gasteiger partial charge < -0.3 is 34.0 Å². The molecule has 8 aromatic rings. The average molecular weight is 1880 g/mol. The molecule has 0 spiro atoms. The van der Waals surface area contributed by atoms with Crippen LogP contribution in [0, 0.1) is 20.8 Å². The maximum Gasteiger partial charge on any atom is 0.221 e. The summed E-state index contributed by atoms with van der Waals surface area (Å²) in [5, 5.41) is 5.61. The lowest BCUT2D eigenvalue weighted by Crippen LogP contribution is -2.15. The average Bonchev–Trinajstić information content (AvgIpc) is 0.744. The van der Waals surface area contributed by atoms with Crippen LogP contribution in [0.1, 0.15) is 29.2 Å². The van der Waals surface area contributed by atoms with E-state index in [0.717, 1.165) is 123 Å². The number of rotatable bonds is 3. The number of anilines is 2. The first-order valence-corrected chi connectivity index (χ1v) is 44.9. The smallest absolute Gasteiger partial charge is 0.221 e. The molecule has 0 radical (unpaired) electrons. The molecule has 29 heteroatoms. The molecule has 1 amide bonds. The van der Waals surface area contributed by atoms with Crippen LogP contribution < -0.4 is 59.8 Å². The predicted molar refractivity (Wildman–Crippen MR) is 531 cm³/mol. The van der Waals surface area contributed by atoms with E-state index in [9.17, 15) is 43.2 Å². The molecular weight excluding hydrogens is 1810 g/mol. The number of aryl methyl sites for hydroxylation is 3. The molecule has 0 saturated heterocycles. The summed E-state index contributed by atoms with van der Waals surface area (Å²) in [4.78, 5) is 142.